The Kier molecular flexibility index (Phi) is 6.71. The Morgan fingerprint density at radius 3 is 2.74 bits per heavy atom. The van der Waals surface area contributed by atoms with Crippen molar-refractivity contribution in [2.75, 3.05) is 23.8 Å². The summed E-state index contributed by atoms with van der Waals surface area (Å²) >= 11 is 6.78. The Hall–Kier alpha value is -3.58. The lowest BCUT2D eigenvalue weighted by Gasteiger charge is -2.39. The molecule has 1 saturated heterocycles. The first-order valence-corrected chi connectivity index (χ1v) is 13.6. The molecule has 1 aromatic heterocycles. The lowest BCUT2D eigenvalue weighted by Crippen LogP contribution is -2.44. The van der Waals surface area contributed by atoms with Crippen LogP contribution in [-0.2, 0) is 4.74 Å². The molecule has 3 aromatic rings. The lowest BCUT2D eigenvalue weighted by atomic mass is 9.81. The van der Waals surface area contributed by atoms with Gasteiger partial charge in [-0.15, -0.1) is 5.53 Å². The molecular weight excluding hydrogens is 517 g/mol. The minimum Gasteiger partial charge on any atom is -0.381 e. The minimum absolute atomic E-state index is 0.110. The SMILES string of the molecule is CC1(C)COCC[C@H]1Nc1c(C#N)cnc2c(Cl)cc(NC(C3=CN(C4CC4)NN3)c3ccc(F)cc3)cc12. The van der Waals surface area contributed by atoms with Crippen molar-refractivity contribution in [2.45, 2.75) is 51.2 Å². The maximum atomic E-state index is 13.8. The molecule has 8 nitrogen and oxygen atoms in total. The van der Waals surface area contributed by atoms with Crippen LogP contribution < -0.4 is 21.6 Å². The predicted molar refractivity (Wildman–Crippen MR) is 150 cm³/mol. The number of pyridine rings is 1. The van der Waals surface area contributed by atoms with E-state index in [1.54, 1.807) is 18.3 Å². The van der Waals surface area contributed by atoms with E-state index in [0.29, 0.717) is 41.0 Å². The number of fused-ring (bicyclic) bond motifs is 1. The van der Waals surface area contributed by atoms with Crippen molar-refractivity contribution >= 4 is 33.9 Å². The van der Waals surface area contributed by atoms with Gasteiger partial charge in [0.25, 0.3) is 0 Å². The second kappa shape index (κ2) is 10.2. The molecule has 0 bridgehead atoms. The third-order valence-corrected chi connectivity index (χ3v) is 7.99. The van der Waals surface area contributed by atoms with Crippen LogP contribution in [0.15, 0.2) is 54.5 Å². The highest BCUT2D eigenvalue weighted by Gasteiger charge is 2.34. The normalized spacial score (nSPS) is 21.2. The Balaban J connectivity index is 1.40. The molecule has 0 radical (unpaired) electrons. The van der Waals surface area contributed by atoms with Crippen molar-refractivity contribution in [1.82, 2.24) is 21.0 Å². The van der Waals surface area contributed by atoms with E-state index in [0.717, 1.165) is 41.6 Å². The van der Waals surface area contributed by atoms with Crippen LogP contribution in [0.2, 0.25) is 5.02 Å². The summed E-state index contributed by atoms with van der Waals surface area (Å²) in [7, 11) is 0. The maximum Gasteiger partial charge on any atom is 0.123 e. The smallest absolute Gasteiger partial charge is 0.123 e. The van der Waals surface area contributed by atoms with Crippen LogP contribution in [0.5, 0.6) is 0 Å². The lowest BCUT2D eigenvalue weighted by molar-refractivity contribution is 0.00350. The highest BCUT2D eigenvalue weighted by molar-refractivity contribution is 6.35. The number of rotatable bonds is 7. The summed E-state index contributed by atoms with van der Waals surface area (Å²) in [5, 5.41) is 20.5. The standard InChI is InChI=1S/C29H31ClFN7O/c1-29(2)16-39-10-9-25(29)35-26-18(13-32)14-33-28-22(26)11-20(12-23(28)30)34-27(17-3-5-19(31)6-4-17)24-15-38(37-36-24)21-7-8-21/h3-6,11-12,14-15,21,25,27,34,36-37H,7-10,16H2,1-2H3,(H,33,35)/t25-,27?/m1/s1. The first-order valence-electron chi connectivity index (χ1n) is 13.2. The number of nitrogens with zero attached hydrogens (tertiary/aromatic N) is 3. The predicted octanol–water partition coefficient (Wildman–Crippen LogP) is 5.61. The van der Waals surface area contributed by atoms with Gasteiger partial charge < -0.3 is 20.8 Å². The third kappa shape index (κ3) is 5.20. The molecule has 39 heavy (non-hydrogen) atoms. The maximum absolute atomic E-state index is 13.8. The fourth-order valence-electron chi connectivity index (χ4n) is 5.25. The zero-order valence-electron chi connectivity index (χ0n) is 21.9. The first-order chi connectivity index (χ1) is 18.8. The van der Waals surface area contributed by atoms with Crippen LogP contribution in [0.3, 0.4) is 0 Å². The van der Waals surface area contributed by atoms with E-state index >= 15 is 0 Å². The van der Waals surface area contributed by atoms with E-state index < -0.39 is 0 Å². The van der Waals surface area contributed by atoms with Gasteiger partial charge in [-0.1, -0.05) is 37.6 Å². The average molecular weight is 548 g/mol. The largest absolute Gasteiger partial charge is 0.381 e. The quantitative estimate of drug-likeness (QED) is 0.303. The number of benzene rings is 2. The molecule has 1 unspecified atom stereocenters. The third-order valence-electron chi connectivity index (χ3n) is 7.71. The van der Waals surface area contributed by atoms with Gasteiger partial charge in [-0.3, -0.25) is 9.99 Å². The van der Waals surface area contributed by atoms with E-state index in [2.05, 4.69) is 57.7 Å². The molecule has 6 rings (SSSR count). The molecule has 1 aliphatic carbocycles. The molecule has 202 valence electrons. The number of ether oxygens (including phenoxy) is 1. The van der Waals surface area contributed by atoms with Crippen molar-refractivity contribution in [2.24, 2.45) is 5.41 Å². The first kappa shape index (κ1) is 25.7. The van der Waals surface area contributed by atoms with Gasteiger partial charge in [0.2, 0.25) is 0 Å². The van der Waals surface area contributed by atoms with Crippen molar-refractivity contribution in [3.63, 3.8) is 0 Å². The van der Waals surface area contributed by atoms with E-state index in [1.807, 2.05) is 12.1 Å². The summed E-state index contributed by atoms with van der Waals surface area (Å²) in [6.07, 6.45) is 6.73. The van der Waals surface area contributed by atoms with Crippen LogP contribution in [0.25, 0.3) is 10.9 Å². The van der Waals surface area contributed by atoms with Gasteiger partial charge in [-0.25, -0.2) is 4.39 Å². The van der Waals surface area contributed by atoms with Crippen molar-refractivity contribution in [3.05, 3.63) is 76.5 Å². The minimum atomic E-state index is -0.312. The van der Waals surface area contributed by atoms with Crippen molar-refractivity contribution in [3.8, 4) is 6.07 Å². The second-order valence-electron chi connectivity index (χ2n) is 11.1. The molecular formula is C29H31ClFN7O. The molecule has 4 N–H and O–H groups in total. The molecule has 2 aromatic carbocycles. The molecule has 2 atom stereocenters. The van der Waals surface area contributed by atoms with Gasteiger partial charge in [0.15, 0.2) is 0 Å². The van der Waals surface area contributed by atoms with Crippen molar-refractivity contribution in [1.29, 1.82) is 5.26 Å². The number of hydrazine groups is 2. The fraction of sp³-hybridized carbons (Fsp3) is 0.379. The van der Waals surface area contributed by atoms with Crippen molar-refractivity contribution < 1.29 is 9.13 Å². The number of hydrogen-bond acceptors (Lipinski definition) is 8. The summed E-state index contributed by atoms with van der Waals surface area (Å²) < 4.78 is 19.5. The zero-order valence-corrected chi connectivity index (χ0v) is 22.6. The molecule has 1 saturated carbocycles. The number of hydrogen-bond donors (Lipinski definition) is 4. The van der Waals surface area contributed by atoms with Gasteiger partial charge >= 0.3 is 0 Å². The van der Waals surface area contributed by atoms with Gasteiger partial charge in [0, 0.05) is 47.6 Å². The number of nitrogens with one attached hydrogen (secondary N) is 4. The fourth-order valence-corrected chi connectivity index (χ4v) is 5.52. The molecule has 10 heteroatoms. The van der Waals surface area contributed by atoms with Gasteiger partial charge in [0.05, 0.1) is 40.1 Å². The highest BCUT2D eigenvalue weighted by atomic mass is 35.5. The molecule has 0 amide bonds. The Bertz CT molecular complexity index is 1470. The Morgan fingerprint density at radius 2 is 2.03 bits per heavy atom. The summed E-state index contributed by atoms with van der Waals surface area (Å²) in [4.78, 5) is 4.51. The number of anilines is 2. The summed E-state index contributed by atoms with van der Waals surface area (Å²) in [6.45, 7) is 5.62. The number of nitriles is 1. The molecule has 3 aliphatic rings. The van der Waals surface area contributed by atoms with Gasteiger partial charge in [0.1, 0.15) is 11.9 Å². The Labute approximate surface area is 232 Å². The zero-order chi connectivity index (χ0) is 27.1. The summed E-state index contributed by atoms with van der Waals surface area (Å²) in [5.41, 5.74) is 10.7. The number of aromatic nitrogens is 1. The van der Waals surface area contributed by atoms with Crippen LogP contribution in [0, 0.1) is 22.6 Å². The van der Waals surface area contributed by atoms with E-state index in [-0.39, 0.29) is 23.3 Å². The average Bonchev–Trinajstić information content (AvgIpc) is 3.66. The monoisotopic (exact) mass is 547 g/mol. The molecule has 2 aliphatic heterocycles. The van der Waals surface area contributed by atoms with Crippen LogP contribution in [0.4, 0.5) is 15.8 Å². The molecule has 2 fully saturated rings. The number of halogens is 2. The van der Waals surface area contributed by atoms with Crippen LogP contribution in [0.1, 0.15) is 50.3 Å². The second-order valence-corrected chi connectivity index (χ2v) is 11.5. The van der Waals surface area contributed by atoms with E-state index in [9.17, 15) is 9.65 Å². The summed E-state index contributed by atoms with van der Waals surface area (Å²) in [5.74, 6) is -0.292. The summed E-state index contributed by atoms with van der Waals surface area (Å²) in [6, 6.07) is 12.8. The Morgan fingerprint density at radius 1 is 1.23 bits per heavy atom. The van der Waals surface area contributed by atoms with Crippen LogP contribution in [-0.4, -0.2) is 35.3 Å². The van der Waals surface area contributed by atoms with Gasteiger partial charge in [-0.2, -0.15) is 5.26 Å². The topological polar surface area (TPSA) is 97.3 Å². The highest BCUT2D eigenvalue weighted by Crippen LogP contribution is 2.39. The van der Waals surface area contributed by atoms with Crippen LogP contribution >= 0.6 is 11.6 Å². The van der Waals surface area contributed by atoms with E-state index in [1.165, 1.54) is 12.1 Å². The molecule has 0 spiro atoms. The van der Waals surface area contributed by atoms with Gasteiger partial charge in [-0.05, 0) is 49.1 Å². The van der Waals surface area contributed by atoms with E-state index in [4.69, 9.17) is 16.3 Å². The molecule has 3 heterocycles.